The number of aliphatic hydroxyl groups excluding tert-OH is 1. The lowest BCUT2D eigenvalue weighted by Gasteiger charge is -2.26. The third-order valence-electron chi connectivity index (χ3n) is 3.45. The highest BCUT2D eigenvalue weighted by molar-refractivity contribution is 6.18. The van der Waals surface area contributed by atoms with Gasteiger partial charge in [-0.3, -0.25) is 9.69 Å². The summed E-state index contributed by atoms with van der Waals surface area (Å²) in [6, 6.07) is 5.39. The van der Waals surface area contributed by atoms with Gasteiger partial charge in [0.15, 0.2) is 0 Å². The van der Waals surface area contributed by atoms with E-state index in [4.69, 9.17) is 16.3 Å². The molecule has 3 N–H and O–H groups in total. The Labute approximate surface area is 152 Å². The van der Waals surface area contributed by atoms with Gasteiger partial charge in [-0.1, -0.05) is 0 Å². The molecule has 2 amide bonds. The van der Waals surface area contributed by atoms with Gasteiger partial charge >= 0.3 is 6.09 Å². The minimum Gasteiger partial charge on any atom is -0.444 e. The molecule has 7 nitrogen and oxygen atoms in total. The number of carbonyl (C=O) groups is 2. The number of ether oxygens (including phenoxy) is 1. The SMILES string of the molecule is CC(C)(C)OC(=O)N1CC(=O)Nc2ccc(NCC(O)CCl)cc2C1. The average Bonchev–Trinajstić information content (AvgIpc) is 2.68. The van der Waals surface area contributed by atoms with Gasteiger partial charge in [0, 0.05) is 17.9 Å². The fraction of sp³-hybridized carbons (Fsp3) is 0.529. The molecule has 0 saturated carbocycles. The van der Waals surface area contributed by atoms with Crippen LogP contribution in [0.15, 0.2) is 18.2 Å². The van der Waals surface area contributed by atoms with Crippen molar-refractivity contribution < 1.29 is 19.4 Å². The molecular weight excluding hydrogens is 346 g/mol. The molecule has 0 spiro atoms. The molecule has 25 heavy (non-hydrogen) atoms. The van der Waals surface area contributed by atoms with Crippen LogP contribution >= 0.6 is 11.6 Å². The lowest BCUT2D eigenvalue weighted by molar-refractivity contribution is -0.117. The molecule has 0 fully saturated rings. The smallest absolute Gasteiger partial charge is 0.411 e. The molecule has 138 valence electrons. The van der Waals surface area contributed by atoms with Crippen molar-refractivity contribution in [3.63, 3.8) is 0 Å². The van der Waals surface area contributed by atoms with E-state index in [1.807, 2.05) is 6.07 Å². The van der Waals surface area contributed by atoms with Crippen molar-refractivity contribution in [2.75, 3.05) is 29.6 Å². The van der Waals surface area contributed by atoms with Crippen LogP contribution in [-0.4, -0.2) is 52.7 Å². The first kappa shape index (κ1) is 19.3. The van der Waals surface area contributed by atoms with Gasteiger partial charge < -0.3 is 20.5 Å². The third-order valence-corrected chi connectivity index (χ3v) is 3.80. The van der Waals surface area contributed by atoms with Crippen molar-refractivity contribution in [2.45, 2.75) is 39.0 Å². The lowest BCUT2D eigenvalue weighted by atomic mass is 10.1. The van der Waals surface area contributed by atoms with Crippen LogP contribution in [0.1, 0.15) is 26.3 Å². The Kier molecular flexibility index (Phi) is 6.13. The molecule has 8 heteroatoms. The van der Waals surface area contributed by atoms with Gasteiger partial charge in [0.05, 0.1) is 18.5 Å². The molecule has 1 unspecified atom stereocenters. The van der Waals surface area contributed by atoms with Crippen molar-refractivity contribution in [3.05, 3.63) is 23.8 Å². The van der Waals surface area contributed by atoms with Gasteiger partial charge in [-0.05, 0) is 44.5 Å². The van der Waals surface area contributed by atoms with Gasteiger partial charge in [0.1, 0.15) is 12.1 Å². The summed E-state index contributed by atoms with van der Waals surface area (Å²) in [5.74, 6) is -0.136. The molecule has 1 aliphatic heterocycles. The van der Waals surface area contributed by atoms with Crippen LogP contribution in [0.2, 0.25) is 0 Å². The molecule has 0 aromatic heterocycles. The van der Waals surface area contributed by atoms with E-state index in [9.17, 15) is 14.7 Å². The molecule has 0 saturated heterocycles. The number of hydrogen-bond acceptors (Lipinski definition) is 5. The predicted molar refractivity (Wildman–Crippen MR) is 96.9 cm³/mol. The first-order chi connectivity index (χ1) is 11.7. The number of rotatable bonds is 4. The first-order valence-electron chi connectivity index (χ1n) is 8.06. The molecule has 1 aliphatic rings. The second kappa shape index (κ2) is 7.93. The second-order valence-electron chi connectivity index (χ2n) is 6.95. The lowest BCUT2D eigenvalue weighted by Crippen LogP contribution is -2.39. The molecular formula is C17H24ClN3O4. The highest BCUT2D eigenvalue weighted by atomic mass is 35.5. The Balaban J connectivity index is 2.16. The summed E-state index contributed by atoms with van der Waals surface area (Å²) in [4.78, 5) is 25.7. The normalized spacial score (nSPS) is 15.7. The molecule has 2 rings (SSSR count). The number of halogens is 1. The maximum atomic E-state index is 12.3. The number of aliphatic hydroxyl groups is 1. The van der Waals surface area contributed by atoms with Crippen molar-refractivity contribution in [2.24, 2.45) is 0 Å². The molecule has 1 atom stereocenters. The van der Waals surface area contributed by atoms with Crippen LogP contribution in [0.3, 0.4) is 0 Å². The molecule has 0 radical (unpaired) electrons. The topological polar surface area (TPSA) is 90.9 Å². The molecule has 1 heterocycles. The minimum absolute atomic E-state index is 0.0721. The summed E-state index contributed by atoms with van der Waals surface area (Å²) in [6.07, 6.45) is -1.19. The summed E-state index contributed by atoms with van der Waals surface area (Å²) in [7, 11) is 0. The van der Waals surface area contributed by atoms with Crippen molar-refractivity contribution in [3.8, 4) is 0 Å². The first-order valence-corrected chi connectivity index (χ1v) is 8.60. The summed E-state index contributed by atoms with van der Waals surface area (Å²) < 4.78 is 5.36. The van der Waals surface area contributed by atoms with Crippen LogP contribution in [-0.2, 0) is 16.1 Å². The number of benzene rings is 1. The maximum Gasteiger partial charge on any atom is 0.411 e. The second-order valence-corrected chi connectivity index (χ2v) is 7.25. The number of amides is 2. The zero-order chi connectivity index (χ0) is 18.6. The van der Waals surface area contributed by atoms with E-state index in [0.29, 0.717) is 12.2 Å². The molecule has 0 bridgehead atoms. The van der Waals surface area contributed by atoms with Crippen LogP contribution < -0.4 is 10.6 Å². The summed E-state index contributed by atoms with van der Waals surface area (Å²) >= 11 is 5.58. The van der Waals surface area contributed by atoms with Crippen LogP contribution in [0, 0.1) is 0 Å². The zero-order valence-corrected chi connectivity index (χ0v) is 15.4. The minimum atomic E-state index is -0.654. The van der Waals surface area contributed by atoms with E-state index in [1.165, 1.54) is 4.90 Å². The average molecular weight is 370 g/mol. The third kappa shape index (κ3) is 5.79. The Hall–Kier alpha value is -1.99. The highest BCUT2D eigenvalue weighted by Gasteiger charge is 2.27. The number of nitrogens with zero attached hydrogens (tertiary/aromatic N) is 1. The fourth-order valence-electron chi connectivity index (χ4n) is 2.33. The van der Waals surface area contributed by atoms with Crippen LogP contribution in [0.5, 0.6) is 0 Å². The Morgan fingerprint density at radius 3 is 2.80 bits per heavy atom. The number of alkyl halides is 1. The van der Waals surface area contributed by atoms with Gasteiger partial charge in [0.25, 0.3) is 0 Å². The standard InChI is InChI=1S/C17H24ClN3O4/c1-17(2,3)25-16(24)21-9-11-6-12(19-8-13(22)7-18)4-5-14(11)20-15(23)10-21/h4-6,13,19,22H,7-10H2,1-3H3,(H,20,23). The van der Waals surface area contributed by atoms with E-state index in [-0.39, 0.29) is 24.9 Å². The largest absolute Gasteiger partial charge is 0.444 e. The van der Waals surface area contributed by atoms with Gasteiger partial charge in [0.2, 0.25) is 5.91 Å². The molecule has 1 aromatic carbocycles. The Morgan fingerprint density at radius 1 is 1.44 bits per heavy atom. The van der Waals surface area contributed by atoms with E-state index in [0.717, 1.165) is 11.3 Å². The van der Waals surface area contributed by atoms with E-state index in [1.54, 1.807) is 32.9 Å². The van der Waals surface area contributed by atoms with Crippen molar-refractivity contribution in [1.29, 1.82) is 0 Å². The fourth-order valence-corrected chi connectivity index (χ4v) is 2.44. The number of nitrogens with one attached hydrogen (secondary N) is 2. The van der Waals surface area contributed by atoms with Crippen molar-refractivity contribution >= 4 is 35.0 Å². The quantitative estimate of drug-likeness (QED) is 0.709. The van der Waals surface area contributed by atoms with E-state index < -0.39 is 17.8 Å². The maximum absolute atomic E-state index is 12.3. The number of fused-ring (bicyclic) bond motifs is 1. The summed E-state index contributed by atoms with van der Waals surface area (Å²) in [5, 5.41) is 15.4. The molecule has 0 aliphatic carbocycles. The number of hydrogen-bond donors (Lipinski definition) is 3. The van der Waals surface area contributed by atoms with Gasteiger partial charge in [-0.2, -0.15) is 0 Å². The number of anilines is 2. The van der Waals surface area contributed by atoms with Crippen LogP contribution in [0.25, 0.3) is 0 Å². The summed E-state index contributed by atoms with van der Waals surface area (Å²) in [6.45, 7) is 5.82. The molecule has 1 aromatic rings. The zero-order valence-electron chi connectivity index (χ0n) is 14.6. The summed E-state index contributed by atoms with van der Waals surface area (Å²) in [5.41, 5.74) is 1.56. The van der Waals surface area contributed by atoms with E-state index >= 15 is 0 Å². The van der Waals surface area contributed by atoms with E-state index in [2.05, 4.69) is 10.6 Å². The monoisotopic (exact) mass is 369 g/mol. The predicted octanol–water partition coefficient (Wildman–Crippen LogP) is 2.39. The Bertz CT molecular complexity index is 645. The van der Waals surface area contributed by atoms with Crippen molar-refractivity contribution in [1.82, 2.24) is 4.90 Å². The van der Waals surface area contributed by atoms with Gasteiger partial charge in [-0.15, -0.1) is 11.6 Å². The van der Waals surface area contributed by atoms with Gasteiger partial charge in [-0.25, -0.2) is 4.79 Å². The Morgan fingerprint density at radius 2 is 2.16 bits per heavy atom. The van der Waals surface area contributed by atoms with Crippen LogP contribution in [0.4, 0.5) is 16.2 Å². The number of carbonyl (C=O) groups excluding carboxylic acids is 2. The highest BCUT2D eigenvalue weighted by Crippen LogP contribution is 2.25.